The third-order valence-corrected chi connectivity index (χ3v) is 4.00. The zero-order valence-electron chi connectivity index (χ0n) is 11.0. The first-order chi connectivity index (χ1) is 7.94. The minimum Gasteiger partial charge on any atom is -0.383 e. The van der Waals surface area contributed by atoms with Crippen LogP contribution in [0.3, 0.4) is 0 Å². The van der Waals surface area contributed by atoms with Crippen molar-refractivity contribution in [2.45, 2.75) is 39.8 Å². The predicted molar refractivity (Wildman–Crippen MR) is 72.8 cm³/mol. The molecule has 1 aromatic heterocycles. The molecule has 1 aromatic rings. The summed E-state index contributed by atoms with van der Waals surface area (Å²) in [6.45, 7) is 7.88. The maximum absolute atomic E-state index is 6.37. The molecule has 1 unspecified atom stereocenters. The van der Waals surface area contributed by atoms with E-state index in [0.29, 0.717) is 6.61 Å². The Labute approximate surface area is 112 Å². The molecule has 1 heterocycles. The lowest BCUT2D eigenvalue weighted by Gasteiger charge is -2.31. The average Bonchev–Trinajstić information content (AvgIpc) is 2.66. The second-order valence-electron chi connectivity index (χ2n) is 4.91. The van der Waals surface area contributed by atoms with Crippen LogP contribution in [0.25, 0.3) is 0 Å². The SMILES string of the molecule is CCC(C)(C)C(N)c1c(Br)cnn1CCOC. The summed E-state index contributed by atoms with van der Waals surface area (Å²) >= 11 is 3.53. The lowest BCUT2D eigenvalue weighted by Crippen LogP contribution is -2.31. The fourth-order valence-corrected chi connectivity index (χ4v) is 2.17. The molecule has 0 spiro atoms. The highest BCUT2D eigenvalue weighted by Crippen LogP contribution is 2.37. The Morgan fingerprint density at radius 1 is 1.59 bits per heavy atom. The van der Waals surface area contributed by atoms with Gasteiger partial charge in [0.15, 0.2) is 0 Å². The van der Waals surface area contributed by atoms with E-state index in [-0.39, 0.29) is 11.5 Å². The van der Waals surface area contributed by atoms with Crippen molar-refractivity contribution in [3.8, 4) is 0 Å². The summed E-state index contributed by atoms with van der Waals surface area (Å²) in [5.74, 6) is 0. The molecular weight excluding hydrogens is 282 g/mol. The molecule has 0 radical (unpaired) electrons. The first-order valence-corrected chi connectivity index (χ1v) is 6.69. The number of rotatable bonds is 6. The third kappa shape index (κ3) is 3.30. The van der Waals surface area contributed by atoms with Crippen LogP contribution >= 0.6 is 15.9 Å². The fourth-order valence-electron chi connectivity index (χ4n) is 1.63. The second-order valence-corrected chi connectivity index (χ2v) is 5.77. The van der Waals surface area contributed by atoms with Crippen LogP contribution in [0.4, 0.5) is 0 Å². The number of aromatic nitrogens is 2. The van der Waals surface area contributed by atoms with Crippen molar-refractivity contribution in [2.75, 3.05) is 13.7 Å². The molecule has 0 aliphatic carbocycles. The summed E-state index contributed by atoms with van der Waals surface area (Å²) in [7, 11) is 1.69. The molecule has 0 fully saturated rings. The number of hydrogen-bond acceptors (Lipinski definition) is 3. The van der Waals surface area contributed by atoms with E-state index in [9.17, 15) is 0 Å². The highest BCUT2D eigenvalue weighted by atomic mass is 79.9. The predicted octanol–water partition coefficient (Wildman–Crippen LogP) is 2.73. The maximum Gasteiger partial charge on any atom is 0.0699 e. The minimum atomic E-state index is -0.0405. The van der Waals surface area contributed by atoms with Gasteiger partial charge in [0.05, 0.1) is 35.6 Å². The molecular formula is C12H22BrN3O. The van der Waals surface area contributed by atoms with E-state index < -0.39 is 0 Å². The Hall–Kier alpha value is -0.390. The van der Waals surface area contributed by atoms with Gasteiger partial charge in [-0.05, 0) is 27.8 Å². The van der Waals surface area contributed by atoms with Crippen molar-refractivity contribution in [1.29, 1.82) is 0 Å². The van der Waals surface area contributed by atoms with Crippen molar-refractivity contribution in [2.24, 2.45) is 11.1 Å². The van der Waals surface area contributed by atoms with Crippen LogP contribution in [0.5, 0.6) is 0 Å². The van der Waals surface area contributed by atoms with Crippen LogP contribution in [-0.2, 0) is 11.3 Å². The fraction of sp³-hybridized carbons (Fsp3) is 0.750. The molecule has 2 N–H and O–H groups in total. The van der Waals surface area contributed by atoms with Crippen molar-refractivity contribution >= 4 is 15.9 Å². The molecule has 1 atom stereocenters. The van der Waals surface area contributed by atoms with E-state index in [0.717, 1.165) is 23.1 Å². The molecule has 5 heteroatoms. The van der Waals surface area contributed by atoms with Gasteiger partial charge in [0.2, 0.25) is 0 Å². The third-order valence-electron chi connectivity index (χ3n) is 3.39. The van der Waals surface area contributed by atoms with E-state index in [2.05, 4.69) is 41.8 Å². The number of halogens is 1. The van der Waals surface area contributed by atoms with Crippen LogP contribution in [0, 0.1) is 5.41 Å². The number of nitrogens with zero attached hydrogens (tertiary/aromatic N) is 2. The molecule has 4 nitrogen and oxygen atoms in total. The largest absolute Gasteiger partial charge is 0.383 e. The summed E-state index contributed by atoms with van der Waals surface area (Å²) in [5.41, 5.74) is 7.47. The molecule has 0 aliphatic rings. The Morgan fingerprint density at radius 2 is 2.24 bits per heavy atom. The highest BCUT2D eigenvalue weighted by molar-refractivity contribution is 9.10. The molecule has 0 bridgehead atoms. The van der Waals surface area contributed by atoms with Gasteiger partial charge in [-0.25, -0.2) is 0 Å². The molecule has 0 amide bonds. The van der Waals surface area contributed by atoms with Gasteiger partial charge in [0, 0.05) is 7.11 Å². The van der Waals surface area contributed by atoms with Crippen molar-refractivity contribution < 1.29 is 4.74 Å². The lowest BCUT2D eigenvalue weighted by molar-refractivity contribution is 0.178. The van der Waals surface area contributed by atoms with E-state index in [1.165, 1.54) is 0 Å². The molecule has 0 saturated heterocycles. The van der Waals surface area contributed by atoms with Crippen LogP contribution in [-0.4, -0.2) is 23.5 Å². The zero-order chi connectivity index (χ0) is 13.1. The van der Waals surface area contributed by atoms with Gasteiger partial charge in [-0.2, -0.15) is 5.10 Å². The first-order valence-electron chi connectivity index (χ1n) is 5.89. The van der Waals surface area contributed by atoms with Gasteiger partial charge < -0.3 is 10.5 Å². The average molecular weight is 304 g/mol. The topological polar surface area (TPSA) is 53.1 Å². The van der Waals surface area contributed by atoms with Crippen LogP contribution in [0.15, 0.2) is 10.7 Å². The normalized spacial score (nSPS) is 14.0. The maximum atomic E-state index is 6.37. The molecule has 0 aliphatic heterocycles. The van der Waals surface area contributed by atoms with Gasteiger partial charge in [-0.15, -0.1) is 0 Å². The number of methoxy groups -OCH3 is 1. The van der Waals surface area contributed by atoms with Crippen LogP contribution in [0.2, 0.25) is 0 Å². The number of hydrogen-bond donors (Lipinski definition) is 1. The monoisotopic (exact) mass is 303 g/mol. The standard InChI is InChI=1S/C12H22BrN3O/c1-5-12(2,3)11(14)10-9(13)8-15-16(10)6-7-17-4/h8,11H,5-7,14H2,1-4H3. The quantitative estimate of drug-likeness (QED) is 0.879. The van der Waals surface area contributed by atoms with Crippen molar-refractivity contribution in [1.82, 2.24) is 9.78 Å². The van der Waals surface area contributed by atoms with Gasteiger partial charge in [0.25, 0.3) is 0 Å². The van der Waals surface area contributed by atoms with Gasteiger partial charge in [0.1, 0.15) is 0 Å². The lowest BCUT2D eigenvalue weighted by atomic mass is 9.81. The molecule has 98 valence electrons. The number of nitrogens with two attached hydrogens (primary N) is 1. The number of ether oxygens (including phenoxy) is 1. The molecule has 17 heavy (non-hydrogen) atoms. The summed E-state index contributed by atoms with van der Waals surface area (Å²) < 4.78 is 7.99. The minimum absolute atomic E-state index is 0.0405. The summed E-state index contributed by atoms with van der Waals surface area (Å²) in [4.78, 5) is 0. The molecule has 1 rings (SSSR count). The molecule has 0 saturated carbocycles. The smallest absolute Gasteiger partial charge is 0.0699 e. The van der Waals surface area contributed by atoms with E-state index in [1.807, 2.05) is 4.68 Å². The van der Waals surface area contributed by atoms with Crippen LogP contribution < -0.4 is 5.73 Å². The zero-order valence-corrected chi connectivity index (χ0v) is 12.6. The van der Waals surface area contributed by atoms with E-state index >= 15 is 0 Å². The summed E-state index contributed by atoms with van der Waals surface area (Å²) in [6, 6.07) is -0.0405. The van der Waals surface area contributed by atoms with Crippen molar-refractivity contribution in [3.63, 3.8) is 0 Å². The van der Waals surface area contributed by atoms with Crippen LogP contribution in [0.1, 0.15) is 38.9 Å². The Morgan fingerprint density at radius 3 is 2.76 bits per heavy atom. The summed E-state index contributed by atoms with van der Waals surface area (Å²) in [5, 5.41) is 4.33. The van der Waals surface area contributed by atoms with Gasteiger partial charge in [-0.3, -0.25) is 4.68 Å². The summed E-state index contributed by atoms with van der Waals surface area (Å²) in [6.07, 6.45) is 2.83. The van der Waals surface area contributed by atoms with E-state index in [4.69, 9.17) is 10.5 Å². The van der Waals surface area contributed by atoms with Gasteiger partial charge >= 0.3 is 0 Å². The van der Waals surface area contributed by atoms with Crippen molar-refractivity contribution in [3.05, 3.63) is 16.4 Å². The Kier molecular flexibility index (Phi) is 5.16. The Bertz CT molecular complexity index is 363. The first kappa shape index (κ1) is 14.7. The Balaban J connectivity index is 2.99. The van der Waals surface area contributed by atoms with Gasteiger partial charge in [-0.1, -0.05) is 20.8 Å². The van der Waals surface area contributed by atoms with E-state index in [1.54, 1.807) is 13.3 Å². The highest BCUT2D eigenvalue weighted by Gasteiger charge is 2.30. The molecule has 0 aromatic carbocycles. The second kappa shape index (κ2) is 5.98.